The Bertz CT molecular complexity index is 250. The lowest BCUT2D eigenvalue weighted by atomic mass is 9.89. The molecule has 2 aliphatic rings. The first-order chi connectivity index (χ1) is 9.29. The lowest BCUT2D eigenvalue weighted by Crippen LogP contribution is -2.35. The number of ether oxygens (including phenoxy) is 2. The van der Waals surface area contributed by atoms with Crippen molar-refractivity contribution in [2.24, 2.45) is 17.8 Å². The van der Waals surface area contributed by atoms with Crippen LogP contribution in [0.5, 0.6) is 0 Å². The van der Waals surface area contributed by atoms with E-state index >= 15 is 0 Å². The van der Waals surface area contributed by atoms with Gasteiger partial charge in [0.15, 0.2) is 0 Å². The van der Waals surface area contributed by atoms with Crippen LogP contribution in [-0.4, -0.2) is 50.7 Å². The molecule has 2 saturated carbocycles. The van der Waals surface area contributed by atoms with E-state index in [1.54, 1.807) is 0 Å². The smallest absolute Gasteiger partial charge is 0.0897 e. The molecular weight excluding hydrogens is 242 g/mol. The van der Waals surface area contributed by atoms with Gasteiger partial charge < -0.3 is 19.9 Å². The van der Waals surface area contributed by atoms with Gasteiger partial charge in [-0.15, -0.1) is 0 Å². The Morgan fingerprint density at radius 3 is 2.74 bits per heavy atom. The summed E-state index contributed by atoms with van der Waals surface area (Å²) in [4.78, 5) is 0. The average Bonchev–Trinajstić information content (AvgIpc) is 3.01. The van der Waals surface area contributed by atoms with E-state index < -0.39 is 6.10 Å². The summed E-state index contributed by atoms with van der Waals surface area (Å²) in [5, 5.41) is 13.2. The fourth-order valence-electron chi connectivity index (χ4n) is 3.60. The zero-order chi connectivity index (χ0) is 13.5. The third-order valence-corrected chi connectivity index (χ3v) is 4.56. The van der Waals surface area contributed by atoms with Crippen molar-refractivity contribution < 1.29 is 14.6 Å². The molecule has 2 bridgehead atoms. The monoisotopic (exact) mass is 271 g/mol. The SMILES string of the molecule is CCOCCOCC(O)CNCC1CC2CCC1C2. The lowest BCUT2D eigenvalue weighted by molar-refractivity contribution is 0.00615. The molecule has 112 valence electrons. The van der Waals surface area contributed by atoms with E-state index in [9.17, 15) is 5.11 Å². The van der Waals surface area contributed by atoms with Gasteiger partial charge in [0, 0.05) is 13.2 Å². The lowest BCUT2D eigenvalue weighted by Gasteiger charge is -2.22. The van der Waals surface area contributed by atoms with E-state index in [1.807, 2.05) is 6.92 Å². The van der Waals surface area contributed by atoms with Crippen molar-refractivity contribution in [1.29, 1.82) is 0 Å². The molecule has 0 saturated heterocycles. The predicted molar refractivity (Wildman–Crippen MR) is 75.1 cm³/mol. The average molecular weight is 271 g/mol. The highest BCUT2D eigenvalue weighted by molar-refractivity contribution is 4.90. The fraction of sp³-hybridized carbons (Fsp3) is 1.00. The summed E-state index contributed by atoms with van der Waals surface area (Å²) in [7, 11) is 0. The van der Waals surface area contributed by atoms with Gasteiger partial charge in [0.1, 0.15) is 0 Å². The molecule has 4 unspecified atom stereocenters. The van der Waals surface area contributed by atoms with Crippen LogP contribution in [-0.2, 0) is 9.47 Å². The minimum atomic E-state index is -0.403. The van der Waals surface area contributed by atoms with Crippen molar-refractivity contribution in [3.8, 4) is 0 Å². The largest absolute Gasteiger partial charge is 0.389 e. The molecule has 0 aromatic carbocycles. The normalized spacial score (nSPS) is 30.9. The van der Waals surface area contributed by atoms with Gasteiger partial charge in [-0.3, -0.25) is 0 Å². The van der Waals surface area contributed by atoms with Crippen LogP contribution >= 0.6 is 0 Å². The Hall–Kier alpha value is -0.160. The van der Waals surface area contributed by atoms with Gasteiger partial charge in [0.05, 0.1) is 25.9 Å². The summed E-state index contributed by atoms with van der Waals surface area (Å²) in [5.41, 5.74) is 0. The first kappa shape index (κ1) is 15.2. The molecule has 4 atom stereocenters. The summed E-state index contributed by atoms with van der Waals surface area (Å²) in [5.74, 6) is 2.81. The molecule has 4 heteroatoms. The second-order valence-electron chi connectivity index (χ2n) is 6.02. The Kier molecular flexibility index (Phi) is 6.57. The quantitative estimate of drug-likeness (QED) is 0.590. The van der Waals surface area contributed by atoms with Crippen molar-refractivity contribution in [3.63, 3.8) is 0 Å². The highest BCUT2D eigenvalue weighted by Gasteiger charge is 2.38. The molecule has 0 aromatic rings. The number of nitrogens with one attached hydrogen (secondary N) is 1. The minimum absolute atomic E-state index is 0.400. The number of aliphatic hydroxyl groups excluding tert-OH is 1. The molecule has 19 heavy (non-hydrogen) atoms. The third-order valence-electron chi connectivity index (χ3n) is 4.56. The molecule has 4 nitrogen and oxygen atoms in total. The number of hydrogen-bond acceptors (Lipinski definition) is 4. The zero-order valence-corrected chi connectivity index (χ0v) is 12.1. The highest BCUT2D eigenvalue weighted by Crippen LogP contribution is 2.47. The van der Waals surface area contributed by atoms with Gasteiger partial charge in [0.2, 0.25) is 0 Å². The molecule has 0 heterocycles. The molecule has 2 aliphatic carbocycles. The molecule has 0 spiro atoms. The topological polar surface area (TPSA) is 50.7 Å². The van der Waals surface area contributed by atoms with Crippen LogP contribution in [0.4, 0.5) is 0 Å². The van der Waals surface area contributed by atoms with Crippen LogP contribution in [0.3, 0.4) is 0 Å². The van der Waals surface area contributed by atoms with E-state index in [2.05, 4.69) is 5.32 Å². The molecule has 2 fully saturated rings. The fourth-order valence-corrected chi connectivity index (χ4v) is 3.60. The molecule has 0 radical (unpaired) electrons. The van der Waals surface area contributed by atoms with Crippen molar-refractivity contribution in [2.75, 3.05) is 39.5 Å². The first-order valence-electron chi connectivity index (χ1n) is 7.83. The van der Waals surface area contributed by atoms with E-state index in [0.717, 1.165) is 30.9 Å². The maximum absolute atomic E-state index is 9.78. The minimum Gasteiger partial charge on any atom is -0.389 e. The predicted octanol–water partition coefficient (Wildman–Crippen LogP) is 1.43. The standard InChI is InChI=1S/C15H29NO3/c1-2-18-5-6-19-11-15(17)10-16-9-14-8-12-3-4-13(14)7-12/h12-17H,2-11H2,1H3. The van der Waals surface area contributed by atoms with Gasteiger partial charge in [-0.25, -0.2) is 0 Å². The molecular formula is C15H29NO3. The summed E-state index contributed by atoms with van der Waals surface area (Å²) >= 11 is 0. The summed E-state index contributed by atoms with van der Waals surface area (Å²) in [6.45, 7) is 5.97. The third kappa shape index (κ3) is 5.03. The summed E-state index contributed by atoms with van der Waals surface area (Å²) in [6, 6.07) is 0. The number of aliphatic hydroxyl groups is 1. The highest BCUT2D eigenvalue weighted by atomic mass is 16.5. The maximum atomic E-state index is 9.78. The van der Waals surface area contributed by atoms with Gasteiger partial charge in [-0.2, -0.15) is 0 Å². The van der Waals surface area contributed by atoms with E-state index in [0.29, 0.717) is 26.4 Å². The summed E-state index contributed by atoms with van der Waals surface area (Å²) in [6.07, 6.45) is 5.34. The van der Waals surface area contributed by atoms with Crippen molar-refractivity contribution >= 4 is 0 Å². The van der Waals surface area contributed by atoms with Crippen LogP contribution in [0.15, 0.2) is 0 Å². The summed E-state index contributed by atoms with van der Waals surface area (Å²) < 4.78 is 10.5. The Morgan fingerprint density at radius 2 is 2.05 bits per heavy atom. The second kappa shape index (κ2) is 8.20. The maximum Gasteiger partial charge on any atom is 0.0897 e. The van der Waals surface area contributed by atoms with Gasteiger partial charge >= 0.3 is 0 Å². The van der Waals surface area contributed by atoms with Crippen LogP contribution in [0, 0.1) is 17.8 Å². The number of rotatable bonds is 10. The van der Waals surface area contributed by atoms with Crippen LogP contribution in [0.25, 0.3) is 0 Å². The van der Waals surface area contributed by atoms with Crippen LogP contribution in [0.1, 0.15) is 32.6 Å². The first-order valence-corrected chi connectivity index (χ1v) is 7.83. The van der Waals surface area contributed by atoms with E-state index in [-0.39, 0.29) is 0 Å². The van der Waals surface area contributed by atoms with Crippen molar-refractivity contribution in [3.05, 3.63) is 0 Å². The number of hydrogen-bond donors (Lipinski definition) is 2. The second-order valence-corrected chi connectivity index (χ2v) is 6.02. The molecule has 0 amide bonds. The van der Waals surface area contributed by atoms with E-state index in [1.165, 1.54) is 25.7 Å². The Balaban J connectivity index is 1.44. The van der Waals surface area contributed by atoms with Gasteiger partial charge in [-0.1, -0.05) is 6.42 Å². The molecule has 2 rings (SSSR count). The van der Waals surface area contributed by atoms with Gasteiger partial charge in [0.25, 0.3) is 0 Å². The number of fused-ring (bicyclic) bond motifs is 2. The van der Waals surface area contributed by atoms with Crippen molar-refractivity contribution in [2.45, 2.75) is 38.7 Å². The zero-order valence-electron chi connectivity index (χ0n) is 12.1. The van der Waals surface area contributed by atoms with Crippen molar-refractivity contribution in [1.82, 2.24) is 5.32 Å². The molecule has 2 N–H and O–H groups in total. The Morgan fingerprint density at radius 1 is 1.21 bits per heavy atom. The van der Waals surface area contributed by atoms with Crippen LogP contribution in [0.2, 0.25) is 0 Å². The van der Waals surface area contributed by atoms with E-state index in [4.69, 9.17) is 9.47 Å². The molecule has 0 aliphatic heterocycles. The van der Waals surface area contributed by atoms with Gasteiger partial charge in [-0.05, 0) is 50.5 Å². The Labute approximate surface area is 116 Å². The molecule has 0 aromatic heterocycles. The van der Waals surface area contributed by atoms with Crippen LogP contribution < -0.4 is 5.32 Å².